The number of phosphoric ester groups is 1. The molecule has 438 valence electrons. The summed E-state index contributed by atoms with van der Waals surface area (Å²) < 4.78 is 23.7. The van der Waals surface area contributed by atoms with E-state index in [9.17, 15) is 19.4 Å². The highest BCUT2D eigenvalue weighted by molar-refractivity contribution is 7.47. The van der Waals surface area contributed by atoms with Gasteiger partial charge < -0.3 is 19.8 Å². The van der Waals surface area contributed by atoms with Crippen LogP contribution in [0.2, 0.25) is 0 Å². The largest absolute Gasteiger partial charge is 0.472 e. The minimum absolute atomic E-state index is 0.0381. The standard InChI is InChI=1S/C68H115N2O6P/c1-6-8-10-12-14-16-18-20-22-24-26-28-30-32-33-34-35-36-37-38-40-42-44-46-48-50-52-54-56-58-60-62-68(72)69-66(65-76-77(73,74)75-64-63-70(3,4)5)67(71)61-59-57-55-53-51-49-47-45-43-41-39-31-29-27-25-23-21-19-17-15-13-11-9-7-2/h8,10,14,16,20,22,26,28,32-33,35-36,38,40,43-46,50-53,59,61,66-67,71H,6-7,9,11-13,15,17-19,21,23-25,27,29-31,34,37,39,41-42,47-49,54-58,60,62-65H2,1-5H3,(H-,69,72,73,74)/p+1/b10-8-,16-14-,22-20-,28-26-,33-32-,36-35-,40-38-,45-43+,46-44-,52-50-,53-51+,61-59+. The van der Waals surface area contributed by atoms with Gasteiger partial charge in [-0.3, -0.25) is 13.8 Å². The molecular formula is C68H116N2O6P+. The summed E-state index contributed by atoms with van der Waals surface area (Å²) in [7, 11) is 1.50. The molecule has 0 spiro atoms. The number of aliphatic hydroxyl groups excluding tert-OH is 1. The first-order chi connectivity index (χ1) is 37.5. The summed E-state index contributed by atoms with van der Waals surface area (Å²) in [5.74, 6) is -0.228. The lowest BCUT2D eigenvalue weighted by molar-refractivity contribution is -0.870. The fraction of sp³-hybridized carbons (Fsp3) is 0.632. The van der Waals surface area contributed by atoms with Gasteiger partial charge in [0.2, 0.25) is 5.91 Å². The van der Waals surface area contributed by atoms with E-state index in [1.54, 1.807) is 6.08 Å². The molecule has 0 radical (unpaired) electrons. The molecule has 1 amide bonds. The minimum Gasteiger partial charge on any atom is -0.387 e. The van der Waals surface area contributed by atoms with Gasteiger partial charge in [0.25, 0.3) is 0 Å². The molecule has 8 nitrogen and oxygen atoms in total. The Morgan fingerprint density at radius 1 is 0.455 bits per heavy atom. The Morgan fingerprint density at radius 2 is 0.792 bits per heavy atom. The second kappa shape index (κ2) is 57.1. The maximum Gasteiger partial charge on any atom is 0.472 e. The number of likely N-dealkylation sites (N-methyl/N-ethyl adjacent to an activating group) is 1. The van der Waals surface area contributed by atoms with Crippen LogP contribution < -0.4 is 5.32 Å². The van der Waals surface area contributed by atoms with Crippen LogP contribution >= 0.6 is 7.82 Å². The second-order valence-corrected chi connectivity index (χ2v) is 22.8. The molecule has 0 aromatic carbocycles. The molecule has 0 bridgehead atoms. The number of hydrogen-bond acceptors (Lipinski definition) is 5. The average Bonchev–Trinajstić information content (AvgIpc) is 3.39. The van der Waals surface area contributed by atoms with Crippen molar-refractivity contribution < 1.29 is 32.9 Å². The van der Waals surface area contributed by atoms with Crippen molar-refractivity contribution in [3.63, 3.8) is 0 Å². The van der Waals surface area contributed by atoms with Crippen LogP contribution in [0.5, 0.6) is 0 Å². The fourth-order valence-electron chi connectivity index (χ4n) is 8.01. The van der Waals surface area contributed by atoms with Crippen molar-refractivity contribution >= 4 is 13.7 Å². The Hall–Kier alpha value is -3.62. The van der Waals surface area contributed by atoms with Crippen molar-refractivity contribution in [1.29, 1.82) is 0 Å². The number of allylic oxidation sites excluding steroid dienone is 23. The number of nitrogens with one attached hydrogen (secondary N) is 1. The highest BCUT2D eigenvalue weighted by Gasteiger charge is 2.27. The van der Waals surface area contributed by atoms with Crippen LogP contribution in [0.3, 0.4) is 0 Å². The first-order valence-corrected chi connectivity index (χ1v) is 32.2. The van der Waals surface area contributed by atoms with Crippen molar-refractivity contribution in [3.8, 4) is 0 Å². The van der Waals surface area contributed by atoms with E-state index in [4.69, 9.17) is 9.05 Å². The topological polar surface area (TPSA) is 105 Å². The van der Waals surface area contributed by atoms with Crippen molar-refractivity contribution in [2.24, 2.45) is 0 Å². The third kappa shape index (κ3) is 59.9. The maximum atomic E-state index is 13.0. The first kappa shape index (κ1) is 73.4. The zero-order valence-electron chi connectivity index (χ0n) is 49.9. The van der Waals surface area contributed by atoms with Gasteiger partial charge >= 0.3 is 7.82 Å². The molecule has 9 heteroatoms. The van der Waals surface area contributed by atoms with Crippen LogP contribution in [0.1, 0.15) is 226 Å². The van der Waals surface area contributed by atoms with Gasteiger partial charge in [-0.05, 0) is 116 Å². The Labute approximate surface area is 474 Å². The van der Waals surface area contributed by atoms with Gasteiger partial charge in [-0.2, -0.15) is 0 Å². The first-order valence-electron chi connectivity index (χ1n) is 30.7. The third-order valence-corrected chi connectivity index (χ3v) is 13.8. The normalized spacial score (nSPS) is 14.8. The summed E-state index contributed by atoms with van der Waals surface area (Å²) in [4.78, 5) is 23.3. The molecular weight excluding hydrogens is 972 g/mol. The molecule has 3 N–H and O–H groups in total. The average molecular weight is 1090 g/mol. The number of hydrogen-bond donors (Lipinski definition) is 3. The van der Waals surface area contributed by atoms with Gasteiger partial charge in [-0.25, -0.2) is 4.57 Å². The van der Waals surface area contributed by atoms with Crippen molar-refractivity contribution in [2.45, 2.75) is 238 Å². The van der Waals surface area contributed by atoms with Crippen LogP contribution in [0.4, 0.5) is 0 Å². The molecule has 0 aromatic rings. The lowest BCUT2D eigenvalue weighted by atomic mass is 10.0. The lowest BCUT2D eigenvalue weighted by Crippen LogP contribution is -2.45. The second-order valence-electron chi connectivity index (χ2n) is 21.3. The summed E-state index contributed by atoms with van der Waals surface area (Å²) in [5, 5.41) is 13.9. The van der Waals surface area contributed by atoms with Gasteiger partial charge in [0, 0.05) is 6.42 Å². The van der Waals surface area contributed by atoms with Crippen molar-refractivity contribution in [1.82, 2.24) is 5.32 Å². The molecule has 0 rings (SSSR count). The quantitative estimate of drug-likeness (QED) is 0.0243. The van der Waals surface area contributed by atoms with E-state index in [0.29, 0.717) is 23.9 Å². The van der Waals surface area contributed by atoms with E-state index < -0.39 is 20.0 Å². The zero-order valence-corrected chi connectivity index (χ0v) is 50.8. The van der Waals surface area contributed by atoms with Crippen LogP contribution in [0.25, 0.3) is 0 Å². The molecule has 0 saturated carbocycles. The summed E-state index contributed by atoms with van der Waals surface area (Å²) in [6.07, 6.45) is 88.2. The predicted octanol–water partition coefficient (Wildman–Crippen LogP) is 19.3. The summed E-state index contributed by atoms with van der Waals surface area (Å²) >= 11 is 0. The van der Waals surface area contributed by atoms with E-state index in [1.807, 2.05) is 27.2 Å². The Balaban J connectivity index is 4.38. The summed E-state index contributed by atoms with van der Waals surface area (Å²) in [6, 6.07) is -0.901. The highest BCUT2D eigenvalue weighted by atomic mass is 31.2. The number of carbonyl (C=O) groups is 1. The van der Waals surface area contributed by atoms with Crippen LogP contribution in [-0.2, 0) is 18.4 Å². The van der Waals surface area contributed by atoms with Crippen molar-refractivity contribution in [2.75, 3.05) is 40.9 Å². The van der Waals surface area contributed by atoms with Gasteiger partial charge in [0.1, 0.15) is 13.2 Å². The van der Waals surface area contributed by atoms with Gasteiger partial charge in [-0.15, -0.1) is 0 Å². The molecule has 3 atom stereocenters. The number of aliphatic hydroxyl groups is 1. The molecule has 0 fully saturated rings. The maximum absolute atomic E-state index is 13.0. The van der Waals surface area contributed by atoms with Crippen LogP contribution in [-0.4, -0.2) is 73.4 Å². The number of phosphoric acid groups is 1. The molecule has 3 unspecified atom stereocenters. The van der Waals surface area contributed by atoms with E-state index in [0.717, 1.165) is 103 Å². The zero-order chi connectivity index (χ0) is 56.3. The number of carbonyl (C=O) groups excluding carboxylic acids is 1. The molecule has 0 aliphatic rings. The van der Waals surface area contributed by atoms with Crippen LogP contribution in [0.15, 0.2) is 146 Å². The lowest BCUT2D eigenvalue weighted by Gasteiger charge is -2.25. The molecule has 0 heterocycles. The van der Waals surface area contributed by atoms with Gasteiger partial charge in [0.15, 0.2) is 0 Å². The molecule has 0 aromatic heterocycles. The Bertz CT molecular complexity index is 1760. The number of quaternary nitrogens is 1. The third-order valence-electron chi connectivity index (χ3n) is 12.8. The van der Waals surface area contributed by atoms with E-state index >= 15 is 0 Å². The predicted molar refractivity (Wildman–Crippen MR) is 336 cm³/mol. The van der Waals surface area contributed by atoms with Gasteiger partial charge in [-0.1, -0.05) is 250 Å². The summed E-state index contributed by atoms with van der Waals surface area (Å²) in [5.41, 5.74) is 0. The molecule has 0 aliphatic carbocycles. The van der Waals surface area contributed by atoms with E-state index in [2.05, 4.69) is 153 Å². The van der Waals surface area contributed by atoms with Gasteiger partial charge in [0.05, 0.1) is 39.9 Å². The molecule has 77 heavy (non-hydrogen) atoms. The highest BCUT2D eigenvalue weighted by Crippen LogP contribution is 2.43. The number of unbranched alkanes of at least 4 members (excludes halogenated alkanes) is 19. The monoisotopic (exact) mass is 1090 g/mol. The minimum atomic E-state index is -4.38. The molecule has 0 aliphatic heterocycles. The Morgan fingerprint density at radius 3 is 1.19 bits per heavy atom. The number of rotatable bonds is 54. The van der Waals surface area contributed by atoms with E-state index in [1.165, 1.54) is 96.3 Å². The van der Waals surface area contributed by atoms with Crippen molar-refractivity contribution in [3.05, 3.63) is 146 Å². The fourth-order valence-corrected chi connectivity index (χ4v) is 8.74. The van der Waals surface area contributed by atoms with Crippen LogP contribution in [0, 0.1) is 0 Å². The SMILES string of the molecule is CC/C=C\C/C=C\C/C=C\C/C=C\C/C=C\C/C=C\C/C=C\C/C=C\C/C=C\CCCCCC(=O)NC(COP(=O)(O)OCC[N+](C)(C)C)C(O)/C=C/CC/C=C/CC/C=C/CCCCCCCCCCCCCCCC. The molecule has 0 saturated heterocycles. The number of amides is 1. The smallest absolute Gasteiger partial charge is 0.387 e. The van der Waals surface area contributed by atoms with E-state index in [-0.39, 0.29) is 19.1 Å². The number of nitrogens with zero attached hydrogens (tertiary/aromatic N) is 1. The summed E-state index contributed by atoms with van der Waals surface area (Å²) in [6.45, 7) is 4.64. The Kier molecular flexibility index (Phi) is 54.4.